The van der Waals surface area contributed by atoms with Gasteiger partial charge in [-0.05, 0) is 77.6 Å². The maximum atomic E-state index is 12.5. The number of benzene rings is 3. The largest absolute Gasteiger partial charge is 0.354 e. The molecule has 44 heavy (non-hydrogen) atoms. The van der Waals surface area contributed by atoms with Crippen molar-refractivity contribution >= 4 is 86.4 Å². The molecule has 3 amide bonds. The third-order valence-electron chi connectivity index (χ3n) is 6.65. The fourth-order valence-electron chi connectivity index (χ4n) is 4.45. The number of carbonyl (C=O) groups excluding carboxylic acids is 3. The van der Waals surface area contributed by atoms with E-state index in [0.29, 0.717) is 44.9 Å². The number of nitro groups is 1. The lowest BCUT2D eigenvalue weighted by atomic mass is 10.1. The van der Waals surface area contributed by atoms with Crippen molar-refractivity contribution < 1.29 is 23.9 Å². The standard InChI is InChI=1S/C29H25N7O6S2/c37-17-35(21-6-4-5-20(16-21)31-22-11-12-23(36(40)41)26-25(22)33-42-34-26)14-3-1-2-13-30-27(38)19-9-7-18(8-10-19)15-24-28(39)32-29(43)44-24/h4-12,15-17,31H,1-3,13-14H2,(H,30,38)(H,32,39,43)/b24-15-. The Hall–Kier alpha value is -5.15. The molecular formula is C29H25N7O6S2. The summed E-state index contributed by atoms with van der Waals surface area (Å²) in [7, 11) is 0. The third kappa shape index (κ3) is 7.25. The molecule has 224 valence electrons. The lowest BCUT2D eigenvalue weighted by molar-refractivity contribution is -0.383. The number of anilines is 3. The van der Waals surface area contributed by atoms with Crippen LogP contribution in [0.3, 0.4) is 0 Å². The van der Waals surface area contributed by atoms with Crippen LogP contribution in [0.1, 0.15) is 35.2 Å². The van der Waals surface area contributed by atoms with E-state index in [9.17, 15) is 24.5 Å². The van der Waals surface area contributed by atoms with Gasteiger partial charge >= 0.3 is 5.69 Å². The monoisotopic (exact) mass is 631 g/mol. The Morgan fingerprint density at radius 3 is 2.61 bits per heavy atom. The number of aromatic nitrogens is 2. The number of hydrogen-bond acceptors (Lipinski definition) is 11. The van der Waals surface area contributed by atoms with Crippen molar-refractivity contribution in [2.24, 2.45) is 0 Å². The smallest absolute Gasteiger partial charge is 0.300 e. The molecule has 0 spiro atoms. The van der Waals surface area contributed by atoms with Gasteiger partial charge in [-0.2, -0.15) is 0 Å². The molecule has 0 saturated carbocycles. The van der Waals surface area contributed by atoms with Crippen LogP contribution in [-0.4, -0.2) is 50.9 Å². The van der Waals surface area contributed by atoms with Crippen LogP contribution in [-0.2, 0) is 9.59 Å². The number of hydrogen-bond donors (Lipinski definition) is 3. The number of nitro benzene ring substituents is 1. The first-order valence-corrected chi connectivity index (χ1v) is 14.7. The van der Waals surface area contributed by atoms with Crippen LogP contribution < -0.4 is 20.9 Å². The molecule has 0 aliphatic carbocycles. The first-order valence-electron chi connectivity index (χ1n) is 13.4. The molecule has 2 heterocycles. The molecule has 3 aromatic carbocycles. The number of thiocarbonyl (C=S) groups is 1. The van der Waals surface area contributed by atoms with Gasteiger partial charge in [-0.3, -0.25) is 24.5 Å². The zero-order chi connectivity index (χ0) is 31.1. The summed E-state index contributed by atoms with van der Waals surface area (Å²) >= 11 is 6.20. The number of nitrogens with one attached hydrogen (secondary N) is 3. The molecule has 4 aromatic rings. The number of thioether (sulfide) groups is 1. The SMILES string of the molecule is O=CN(CCCCCNC(=O)c1ccc(/C=C2\SC(=S)NC2=O)cc1)c1cccc(Nc2ccc([N+](=O)[O-])c3nonc23)c1. The minimum absolute atomic E-state index is 0.0361. The van der Waals surface area contributed by atoms with Gasteiger partial charge < -0.3 is 20.9 Å². The normalized spacial score (nSPS) is 13.6. The van der Waals surface area contributed by atoms with E-state index in [2.05, 4.69) is 26.3 Å². The summed E-state index contributed by atoms with van der Waals surface area (Å²) in [4.78, 5) is 49.0. The van der Waals surface area contributed by atoms with Gasteiger partial charge in [-0.15, -0.1) is 0 Å². The van der Waals surface area contributed by atoms with Crippen molar-refractivity contribution in [3.63, 3.8) is 0 Å². The van der Waals surface area contributed by atoms with Crippen LogP contribution in [0, 0.1) is 10.1 Å². The van der Waals surface area contributed by atoms with Crippen molar-refractivity contribution in [2.45, 2.75) is 19.3 Å². The topological polar surface area (TPSA) is 173 Å². The second-order valence-corrected chi connectivity index (χ2v) is 11.3. The summed E-state index contributed by atoms with van der Waals surface area (Å²) < 4.78 is 5.14. The predicted molar refractivity (Wildman–Crippen MR) is 171 cm³/mol. The van der Waals surface area contributed by atoms with Crippen molar-refractivity contribution in [1.29, 1.82) is 0 Å². The molecular weight excluding hydrogens is 606 g/mol. The Kier molecular flexibility index (Phi) is 9.56. The fourth-order valence-corrected chi connectivity index (χ4v) is 5.50. The number of fused-ring (bicyclic) bond motifs is 1. The highest BCUT2D eigenvalue weighted by Gasteiger charge is 2.22. The fraction of sp³-hybridized carbons (Fsp3) is 0.172. The van der Waals surface area contributed by atoms with E-state index in [1.54, 1.807) is 59.5 Å². The molecule has 0 atom stereocenters. The molecule has 1 aromatic heterocycles. The van der Waals surface area contributed by atoms with Crippen LogP contribution in [0.2, 0.25) is 0 Å². The van der Waals surface area contributed by atoms with Crippen LogP contribution in [0.4, 0.5) is 22.7 Å². The van der Waals surface area contributed by atoms with E-state index in [1.807, 2.05) is 0 Å². The Balaban J connectivity index is 1.08. The minimum Gasteiger partial charge on any atom is -0.354 e. The Morgan fingerprint density at radius 1 is 1.09 bits per heavy atom. The second kappa shape index (κ2) is 13.9. The highest BCUT2D eigenvalue weighted by atomic mass is 32.2. The number of non-ortho nitro benzene ring substituents is 1. The Bertz CT molecular complexity index is 1770. The maximum Gasteiger partial charge on any atom is 0.300 e. The Morgan fingerprint density at radius 2 is 1.89 bits per heavy atom. The molecule has 3 N–H and O–H groups in total. The van der Waals surface area contributed by atoms with Crippen LogP contribution >= 0.6 is 24.0 Å². The van der Waals surface area contributed by atoms with E-state index >= 15 is 0 Å². The number of nitrogens with zero attached hydrogens (tertiary/aromatic N) is 4. The quantitative estimate of drug-likeness (QED) is 0.0456. The Labute approximate surface area is 260 Å². The number of unbranched alkanes of at least 4 members (excludes halogenated alkanes) is 2. The van der Waals surface area contributed by atoms with Gasteiger partial charge in [0.15, 0.2) is 5.52 Å². The molecule has 0 radical (unpaired) electrons. The second-order valence-electron chi connectivity index (χ2n) is 9.62. The van der Waals surface area contributed by atoms with Crippen molar-refractivity contribution in [3.05, 3.63) is 86.8 Å². The van der Waals surface area contributed by atoms with E-state index in [-0.39, 0.29) is 28.5 Å². The van der Waals surface area contributed by atoms with Crippen LogP contribution in [0.5, 0.6) is 0 Å². The summed E-state index contributed by atoms with van der Waals surface area (Å²) in [5, 5.41) is 27.3. The lowest BCUT2D eigenvalue weighted by Crippen LogP contribution is -2.25. The molecule has 0 bridgehead atoms. The summed E-state index contributed by atoms with van der Waals surface area (Å²) in [6, 6.07) is 17.0. The lowest BCUT2D eigenvalue weighted by Gasteiger charge is -2.18. The average molecular weight is 632 g/mol. The van der Waals surface area contributed by atoms with Gasteiger partial charge in [0.2, 0.25) is 11.9 Å². The van der Waals surface area contributed by atoms with E-state index in [4.69, 9.17) is 16.8 Å². The van der Waals surface area contributed by atoms with Crippen LogP contribution in [0.15, 0.2) is 70.2 Å². The van der Waals surface area contributed by atoms with Gasteiger partial charge in [0.05, 0.1) is 15.5 Å². The molecule has 1 aliphatic heterocycles. The highest BCUT2D eigenvalue weighted by molar-refractivity contribution is 8.26. The first kappa shape index (κ1) is 30.3. The maximum absolute atomic E-state index is 12.5. The molecule has 1 saturated heterocycles. The number of amides is 3. The molecule has 1 aliphatic rings. The molecule has 13 nitrogen and oxygen atoms in total. The van der Waals surface area contributed by atoms with Gasteiger partial charge in [0.1, 0.15) is 4.32 Å². The van der Waals surface area contributed by atoms with E-state index in [0.717, 1.165) is 31.2 Å². The first-order chi connectivity index (χ1) is 21.3. The molecule has 5 rings (SSSR count). The number of rotatable bonds is 13. The summed E-state index contributed by atoms with van der Waals surface area (Å²) in [6.45, 7) is 0.966. The molecule has 15 heteroatoms. The summed E-state index contributed by atoms with van der Waals surface area (Å²) in [5.41, 5.74) is 3.14. The average Bonchev–Trinajstić information content (AvgIpc) is 3.63. The van der Waals surface area contributed by atoms with Crippen molar-refractivity contribution in [2.75, 3.05) is 23.3 Å². The minimum atomic E-state index is -0.554. The van der Waals surface area contributed by atoms with Gasteiger partial charge in [0.25, 0.3) is 11.8 Å². The zero-order valence-corrected chi connectivity index (χ0v) is 24.7. The zero-order valence-electron chi connectivity index (χ0n) is 23.0. The highest BCUT2D eigenvalue weighted by Crippen LogP contribution is 2.31. The van der Waals surface area contributed by atoms with Gasteiger partial charge in [-0.25, -0.2) is 4.63 Å². The summed E-state index contributed by atoms with van der Waals surface area (Å²) in [6.07, 6.45) is 4.73. The van der Waals surface area contributed by atoms with E-state index in [1.165, 1.54) is 23.9 Å². The third-order valence-corrected chi connectivity index (χ3v) is 7.81. The van der Waals surface area contributed by atoms with Crippen LogP contribution in [0.25, 0.3) is 17.1 Å². The van der Waals surface area contributed by atoms with Gasteiger partial charge in [0, 0.05) is 36.1 Å². The summed E-state index contributed by atoms with van der Waals surface area (Å²) in [5.74, 6) is -0.417. The van der Waals surface area contributed by atoms with Crippen molar-refractivity contribution in [1.82, 2.24) is 20.9 Å². The van der Waals surface area contributed by atoms with E-state index < -0.39 is 4.92 Å². The number of carbonyl (C=O) groups is 3. The molecule has 0 unspecified atom stereocenters. The van der Waals surface area contributed by atoms with Crippen molar-refractivity contribution in [3.8, 4) is 0 Å². The van der Waals surface area contributed by atoms with Gasteiger partial charge in [-0.1, -0.05) is 42.2 Å². The predicted octanol–water partition coefficient (Wildman–Crippen LogP) is 4.93. The molecule has 1 fully saturated rings.